The van der Waals surface area contributed by atoms with Crippen molar-refractivity contribution in [3.05, 3.63) is 0 Å². The van der Waals surface area contributed by atoms with E-state index in [0.717, 1.165) is 0 Å². The summed E-state index contributed by atoms with van der Waals surface area (Å²) < 4.78 is 9.62. The largest absolute Gasteiger partial charge is 0.469 e. The van der Waals surface area contributed by atoms with Crippen molar-refractivity contribution in [1.29, 1.82) is 0 Å². The Kier molecular flexibility index (Phi) is 2.69. The molecular formula is C8H14O4. The number of aliphatic hydroxyl groups is 1. The van der Waals surface area contributed by atoms with Crippen molar-refractivity contribution in [1.82, 2.24) is 0 Å². The Morgan fingerprint density at radius 2 is 2.42 bits per heavy atom. The van der Waals surface area contributed by atoms with Gasteiger partial charge >= 0.3 is 5.97 Å². The van der Waals surface area contributed by atoms with E-state index in [1.807, 2.05) is 0 Å². The van der Waals surface area contributed by atoms with Crippen LogP contribution in [0.3, 0.4) is 0 Å². The molecule has 0 aliphatic carbocycles. The first-order valence-corrected chi connectivity index (χ1v) is 3.95. The summed E-state index contributed by atoms with van der Waals surface area (Å²) in [6.07, 6.45) is -0.236. The normalized spacial score (nSPS) is 36.1. The highest BCUT2D eigenvalue weighted by Crippen LogP contribution is 2.31. The third kappa shape index (κ3) is 1.44. The molecule has 0 aromatic heterocycles. The minimum atomic E-state index is -0.785. The first-order chi connectivity index (χ1) is 5.61. The summed E-state index contributed by atoms with van der Waals surface area (Å²) in [7, 11) is 1.33. The molecule has 1 heterocycles. The van der Waals surface area contributed by atoms with Crippen LogP contribution in [0.5, 0.6) is 0 Å². The molecule has 0 radical (unpaired) electrons. The van der Waals surface area contributed by atoms with Gasteiger partial charge in [-0.15, -0.1) is 0 Å². The minimum absolute atomic E-state index is 0.214. The molecule has 1 aliphatic rings. The van der Waals surface area contributed by atoms with E-state index in [-0.39, 0.29) is 12.6 Å². The maximum atomic E-state index is 11.3. The van der Waals surface area contributed by atoms with Crippen molar-refractivity contribution in [2.75, 3.05) is 20.3 Å². The van der Waals surface area contributed by atoms with Crippen LogP contribution < -0.4 is 0 Å². The zero-order valence-electron chi connectivity index (χ0n) is 7.37. The third-order valence-electron chi connectivity index (χ3n) is 2.43. The number of ether oxygens (including phenoxy) is 2. The van der Waals surface area contributed by atoms with Crippen LogP contribution in [0.15, 0.2) is 0 Å². The zero-order valence-corrected chi connectivity index (χ0v) is 7.37. The lowest BCUT2D eigenvalue weighted by molar-refractivity contribution is -0.171. The van der Waals surface area contributed by atoms with Gasteiger partial charge in [0.2, 0.25) is 0 Å². The summed E-state index contributed by atoms with van der Waals surface area (Å²) in [4.78, 5) is 11.3. The summed E-state index contributed by atoms with van der Waals surface area (Å²) in [5.74, 6) is -0.363. The first-order valence-electron chi connectivity index (χ1n) is 3.95. The number of carbonyl (C=O) groups excluding carboxylic acids is 1. The van der Waals surface area contributed by atoms with Crippen LogP contribution in [-0.4, -0.2) is 37.5 Å². The van der Waals surface area contributed by atoms with E-state index in [9.17, 15) is 9.90 Å². The Bertz CT molecular complexity index is 180. The lowest BCUT2D eigenvalue weighted by Gasteiger charge is -2.35. The number of aliphatic hydroxyl groups excluding tert-OH is 1. The summed E-state index contributed by atoms with van der Waals surface area (Å²) in [6.45, 7) is 2.42. The molecule has 0 aromatic rings. The molecule has 0 saturated carbocycles. The van der Waals surface area contributed by atoms with Gasteiger partial charge in [0.15, 0.2) is 0 Å². The van der Waals surface area contributed by atoms with E-state index in [2.05, 4.69) is 4.74 Å². The highest BCUT2D eigenvalue weighted by molar-refractivity contribution is 5.77. The number of rotatable bonds is 1. The van der Waals surface area contributed by atoms with Crippen molar-refractivity contribution in [3.63, 3.8) is 0 Å². The first kappa shape index (κ1) is 9.48. The van der Waals surface area contributed by atoms with Crippen LogP contribution in [-0.2, 0) is 14.3 Å². The monoisotopic (exact) mass is 174 g/mol. The van der Waals surface area contributed by atoms with Crippen molar-refractivity contribution in [3.8, 4) is 0 Å². The van der Waals surface area contributed by atoms with E-state index < -0.39 is 11.5 Å². The predicted molar refractivity (Wildman–Crippen MR) is 41.6 cm³/mol. The Hall–Kier alpha value is -0.610. The van der Waals surface area contributed by atoms with Crippen LogP contribution in [0.1, 0.15) is 13.3 Å². The minimum Gasteiger partial charge on any atom is -0.469 e. The average molecular weight is 174 g/mol. The van der Waals surface area contributed by atoms with Crippen LogP contribution in [0.25, 0.3) is 0 Å². The predicted octanol–water partition coefficient (Wildman–Crippen LogP) is -0.0531. The fourth-order valence-corrected chi connectivity index (χ4v) is 1.30. The molecule has 4 nitrogen and oxygen atoms in total. The van der Waals surface area contributed by atoms with Crippen molar-refractivity contribution < 1.29 is 19.4 Å². The molecule has 1 fully saturated rings. The molecular weight excluding hydrogens is 160 g/mol. The van der Waals surface area contributed by atoms with E-state index in [4.69, 9.17) is 4.74 Å². The Morgan fingerprint density at radius 3 is 2.92 bits per heavy atom. The molecule has 1 saturated heterocycles. The van der Waals surface area contributed by atoms with Gasteiger partial charge in [0.25, 0.3) is 0 Å². The molecule has 70 valence electrons. The van der Waals surface area contributed by atoms with E-state index >= 15 is 0 Å². The molecule has 0 amide bonds. The quantitative estimate of drug-likeness (QED) is 0.566. The highest BCUT2D eigenvalue weighted by Gasteiger charge is 2.43. The van der Waals surface area contributed by atoms with Gasteiger partial charge in [-0.25, -0.2) is 0 Å². The molecule has 12 heavy (non-hydrogen) atoms. The van der Waals surface area contributed by atoms with Crippen LogP contribution in [0, 0.1) is 5.41 Å². The fourth-order valence-electron chi connectivity index (χ4n) is 1.30. The van der Waals surface area contributed by atoms with E-state index in [1.165, 1.54) is 7.11 Å². The number of carbonyl (C=O) groups is 1. The number of hydrogen-bond acceptors (Lipinski definition) is 4. The van der Waals surface area contributed by atoms with Gasteiger partial charge in [0, 0.05) is 6.61 Å². The lowest BCUT2D eigenvalue weighted by Crippen LogP contribution is -2.47. The summed E-state index contributed by atoms with van der Waals surface area (Å²) in [6, 6.07) is 0. The Balaban J connectivity index is 2.72. The summed E-state index contributed by atoms with van der Waals surface area (Å²) >= 11 is 0. The van der Waals surface area contributed by atoms with Gasteiger partial charge in [0.1, 0.15) is 0 Å². The van der Waals surface area contributed by atoms with Crippen molar-refractivity contribution >= 4 is 5.97 Å². The van der Waals surface area contributed by atoms with Gasteiger partial charge in [-0.3, -0.25) is 4.79 Å². The highest BCUT2D eigenvalue weighted by atomic mass is 16.5. The van der Waals surface area contributed by atoms with Crippen molar-refractivity contribution in [2.45, 2.75) is 19.4 Å². The van der Waals surface area contributed by atoms with Crippen LogP contribution >= 0.6 is 0 Å². The van der Waals surface area contributed by atoms with Crippen LogP contribution in [0.4, 0.5) is 0 Å². The fraction of sp³-hybridized carbons (Fsp3) is 0.875. The summed E-state index contributed by atoms with van der Waals surface area (Å²) in [5.41, 5.74) is -0.785. The molecule has 0 spiro atoms. The number of hydrogen-bond donors (Lipinski definition) is 1. The van der Waals surface area contributed by atoms with Crippen molar-refractivity contribution in [2.24, 2.45) is 5.41 Å². The molecule has 1 rings (SSSR count). The second-order valence-corrected chi connectivity index (χ2v) is 3.25. The maximum Gasteiger partial charge on any atom is 0.314 e. The Morgan fingerprint density at radius 1 is 1.75 bits per heavy atom. The third-order valence-corrected chi connectivity index (χ3v) is 2.43. The molecule has 4 heteroatoms. The Labute approximate surface area is 71.5 Å². The molecule has 2 unspecified atom stereocenters. The molecule has 1 N–H and O–H groups in total. The maximum absolute atomic E-state index is 11.3. The van der Waals surface area contributed by atoms with Gasteiger partial charge in [-0.2, -0.15) is 0 Å². The zero-order chi connectivity index (χ0) is 9.19. The number of methoxy groups -OCH3 is 1. The molecule has 2 atom stereocenters. The van der Waals surface area contributed by atoms with E-state index in [1.54, 1.807) is 6.92 Å². The molecule has 1 aliphatic heterocycles. The molecule has 0 bridgehead atoms. The standard InChI is InChI=1S/C8H14O4/c1-8(7(10)11-2)3-4-12-5-6(8)9/h6,9H,3-5H2,1-2H3. The van der Waals surface area contributed by atoms with Crippen LogP contribution in [0.2, 0.25) is 0 Å². The van der Waals surface area contributed by atoms with Gasteiger partial charge in [-0.1, -0.05) is 0 Å². The smallest absolute Gasteiger partial charge is 0.314 e. The molecule has 0 aromatic carbocycles. The van der Waals surface area contributed by atoms with E-state index in [0.29, 0.717) is 13.0 Å². The topological polar surface area (TPSA) is 55.8 Å². The second-order valence-electron chi connectivity index (χ2n) is 3.25. The van der Waals surface area contributed by atoms with Gasteiger partial charge in [0.05, 0.1) is 25.2 Å². The summed E-state index contributed by atoms with van der Waals surface area (Å²) in [5, 5.41) is 9.50. The lowest BCUT2D eigenvalue weighted by atomic mass is 9.80. The van der Waals surface area contributed by atoms with Gasteiger partial charge in [-0.05, 0) is 13.3 Å². The second kappa shape index (κ2) is 3.41. The van der Waals surface area contributed by atoms with Gasteiger partial charge < -0.3 is 14.6 Å². The number of esters is 1. The SMILES string of the molecule is COC(=O)C1(C)CCOCC1O. The average Bonchev–Trinajstić information content (AvgIpc) is 2.09.